The van der Waals surface area contributed by atoms with Gasteiger partial charge in [-0.2, -0.15) is 0 Å². The lowest BCUT2D eigenvalue weighted by atomic mass is 9.83. The second-order valence-electron chi connectivity index (χ2n) is 15.5. The number of hydrogen-bond donors (Lipinski definition) is 0. The molecule has 2 aromatic heterocycles. The van der Waals surface area contributed by atoms with Gasteiger partial charge in [-0.3, -0.25) is 0 Å². The van der Waals surface area contributed by atoms with Crippen LogP contribution in [0.25, 0.3) is 131 Å². The molecule has 0 atom stereocenters. The second kappa shape index (κ2) is 11.9. The summed E-state index contributed by atoms with van der Waals surface area (Å²) in [5.74, 6) is 0. The minimum atomic E-state index is 0.896. The van der Waals surface area contributed by atoms with Gasteiger partial charge in [-0.05, 0) is 107 Å². The summed E-state index contributed by atoms with van der Waals surface area (Å²) in [5, 5.41) is 16.3. The highest BCUT2D eigenvalue weighted by Crippen LogP contribution is 2.49. The third kappa shape index (κ3) is 4.37. The third-order valence-electron chi connectivity index (χ3n) is 12.4. The van der Waals surface area contributed by atoms with Crippen molar-refractivity contribution >= 4 is 97.7 Å². The predicted octanol–water partition coefficient (Wildman–Crippen LogP) is 16.3. The Balaban J connectivity index is 1.23. The standard InChI is InChI=1S/C56H32O2/c1-4-18-36-33(14-1)17-11-25-41(36)52-42-26-12-23-39(48-30-34-15-2-5-19-37(34)55-53(48)44-21-7-9-28-50(44)57-55)46(42)32-47-40(24-13-27-43(47)52)49-31-35-16-3-6-20-38(35)56-54(49)45-22-8-10-29-51(45)58-56/h1-32H. The Morgan fingerprint density at radius 1 is 0.241 bits per heavy atom. The molecule has 2 nitrogen and oxygen atoms in total. The van der Waals surface area contributed by atoms with E-state index < -0.39 is 0 Å². The van der Waals surface area contributed by atoms with Gasteiger partial charge in [-0.1, -0.05) is 164 Å². The number of hydrogen-bond acceptors (Lipinski definition) is 2. The average molecular weight is 737 g/mol. The van der Waals surface area contributed by atoms with E-state index in [1.54, 1.807) is 0 Å². The van der Waals surface area contributed by atoms with Crippen LogP contribution in [-0.4, -0.2) is 0 Å². The van der Waals surface area contributed by atoms with Gasteiger partial charge in [0.25, 0.3) is 0 Å². The van der Waals surface area contributed by atoms with Gasteiger partial charge in [0.2, 0.25) is 0 Å². The van der Waals surface area contributed by atoms with Crippen LogP contribution in [0.2, 0.25) is 0 Å². The normalized spacial score (nSPS) is 12.1. The number of rotatable bonds is 3. The Hall–Kier alpha value is -7.68. The summed E-state index contributed by atoms with van der Waals surface area (Å²) in [7, 11) is 0. The first-order valence-corrected chi connectivity index (χ1v) is 19.9. The van der Waals surface area contributed by atoms with Gasteiger partial charge in [-0.25, -0.2) is 0 Å². The summed E-state index contributed by atoms with van der Waals surface area (Å²) in [4.78, 5) is 0. The molecule has 58 heavy (non-hydrogen) atoms. The molecule has 0 spiro atoms. The maximum atomic E-state index is 6.72. The molecule has 11 aromatic carbocycles. The number of benzene rings is 11. The van der Waals surface area contributed by atoms with Gasteiger partial charge >= 0.3 is 0 Å². The fourth-order valence-corrected chi connectivity index (χ4v) is 9.91. The van der Waals surface area contributed by atoms with Crippen LogP contribution in [0.3, 0.4) is 0 Å². The fourth-order valence-electron chi connectivity index (χ4n) is 9.91. The van der Waals surface area contributed by atoms with Crippen molar-refractivity contribution in [3.8, 4) is 33.4 Å². The molecule has 2 heteroatoms. The molecular weight excluding hydrogens is 705 g/mol. The highest BCUT2D eigenvalue weighted by molar-refractivity contribution is 6.28. The van der Waals surface area contributed by atoms with Crippen molar-refractivity contribution in [1.82, 2.24) is 0 Å². The van der Waals surface area contributed by atoms with Crippen molar-refractivity contribution in [1.29, 1.82) is 0 Å². The van der Waals surface area contributed by atoms with E-state index in [1.807, 2.05) is 0 Å². The summed E-state index contributed by atoms with van der Waals surface area (Å²) >= 11 is 0. The number of fused-ring (bicyclic) bond motifs is 13. The second-order valence-corrected chi connectivity index (χ2v) is 15.5. The molecule has 0 aliphatic rings. The van der Waals surface area contributed by atoms with E-state index in [4.69, 9.17) is 8.83 Å². The minimum Gasteiger partial charge on any atom is -0.455 e. The Labute approximate surface area is 332 Å². The predicted molar refractivity (Wildman–Crippen MR) is 245 cm³/mol. The monoisotopic (exact) mass is 736 g/mol. The van der Waals surface area contributed by atoms with E-state index in [0.29, 0.717) is 0 Å². The maximum Gasteiger partial charge on any atom is 0.143 e. The highest BCUT2D eigenvalue weighted by atomic mass is 16.3. The molecule has 268 valence electrons. The highest BCUT2D eigenvalue weighted by Gasteiger charge is 2.23. The molecule has 0 radical (unpaired) electrons. The summed E-state index contributed by atoms with van der Waals surface area (Å²) in [6.07, 6.45) is 0. The van der Waals surface area contributed by atoms with Gasteiger partial charge in [0.05, 0.1) is 0 Å². The van der Waals surface area contributed by atoms with Gasteiger partial charge in [0, 0.05) is 32.3 Å². The van der Waals surface area contributed by atoms with Gasteiger partial charge in [0.1, 0.15) is 22.3 Å². The van der Waals surface area contributed by atoms with Crippen LogP contribution in [0.5, 0.6) is 0 Å². The van der Waals surface area contributed by atoms with Crippen LogP contribution < -0.4 is 0 Å². The summed E-state index contributed by atoms with van der Waals surface area (Å²) in [6, 6.07) is 70.4. The van der Waals surface area contributed by atoms with Crippen LogP contribution >= 0.6 is 0 Å². The first-order valence-electron chi connectivity index (χ1n) is 19.9. The van der Waals surface area contributed by atoms with E-state index in [1.165, 1.54) is 65.7 Å². The largest absolute Gasteiger partial charge is 0.455 e. The Bertz CT molecular complexity index is 3640. The Morgan fingerprint density at radius 2 is 0.638 bits per heavy atom. The molecule has 0 saturated carbocycles. The quantitative estimate of drug-likeness (QED) is 0.169. The van der Waals surface area contributed by atoms with E-state index in [0.717, 1.165) is 65.4 Å². The van der Waals surface area contributed by atoms with Crippen LogP contribution in [0.15, 0.2) is 203 Å². The van der Waals surface area contributed by atoms with Gasteiger partial charge < -0.3 is 8.83 Å². The first-order chi connectivity index (χ1) is 28.8. The molecule has 2 heterocycles. The molecule has 0 aliphatic carbocycles. The molecule has 0 fully saturated rings. The zero-order chi connectivity index (χ0) is 37.9. The van der Waals surface area contributed by atoms with Crippen molar-refractivity contribution in [3.63, 3.8) is 0 Å². The van der Waals surface area contributed by atoms with E-state index >= 15 is 0 Å². The van der Waals surface area contributed by atoms with Crippen molar-refractivity contribution in [3.05, 3.63) is 194 Å². The smallest absolute Gasteiger partial charge is 0.143 e. The average Bonchev–Trinajstić information content (AvgIpc) is 3.88. The van der Waals surface area contributed by atoms with Gasteiger partial charge in [0.15, 0.2) is 0 Å². The third-order valence-corrected chi connectivity index (χ3v) is 12.4. The summed E-state index contributed by atoms with van der Waals surface area (Å²) < 4.78 is 13.4. The molecular formula is C56H32O2. The van der Waals surface area contributed by atoms with Crippen LogP contribution in [-0.2, 0) is 0 Å². The molecule has 13 rings (SSSR count). The van der Waals surface area contributed by atoms with Crippen LogP contribution in [0.1, 0.15) is 0 Å². The SMILES string of the molecule is c1ccc2c(-c3c4cccc(-c5cc6ccccc6c6oc7ccccc7c56)c4cc4c(-c5cc6ccccc6c6oc7ccccc7c56)cccc34)cccc2c1. The first kappa shape index (κ1) is 31.5. The maximum absolute atomic E-state index is 6.72. The van der Waals surface area contributed by atoms with Gasteiger partial charge in [-0.15, -0.1) is 0 Å². The van der Waals surface area contributed by atoms with Crippen molar-refractivity contribution in [2.75, 3.05) is 0 Å². The molecule has 13 aromatic rings. The van der Waals surface area contributed by atoms with E-state index in [9.17, 15) is 0 Å². The minimum absolute atomic E-state index is 0.896. The number of para-hydroxylation sites is 2. The van der Waals surface area contributed by atoms with Crippen LogP contribution in [0, 0.1) is 0 Å². The van der Waals surface area contributed by atoms with Crippen molar-refractivity contribution in [2.24, 2.45) is 0 Å². The number of furan rings is 2. The molecule has 0 aliphatic heterocycles. The molecule has 0 unspecified atom stereocenters. The molecule has 0 bridgehead atoms. The Kier molecular flexibility index (Phi) is 6.47. The lowest BCUT2D eigenvalue weighted by molar-refractivity contribution is 0.672. The molecule has 0 amide bonds. The summed E-state index contributed by atoms with van der Waals surface area (Å²) in [5.41, 5.74) is 10.8. The van der Waals surface area contributed by atoms with E-state index in [-0.39, 0.29) is 0 Å². The lowest BCUT2D eigenvalue weighted by Gasteiger charge is -2.19. The zero-order valence-corrected chi connectivity index (χ0v) is 31.3. The van der Waals surface area contributed by atoms with Crippen molar-refractivity contribution in [2.45, 2.75) is 0 Å². The Morgan fingerprint density at radius 3 is 1.19 bits per heavy atom. The molecule has 0 saturated heterocycles. The fraction of sp³-hybridized carbons (Fsp3) is 0. The topological polar surface area (TPSA) is 26.3 Å². The lowest BCUT2D eigenvalue weighted by Crippen LogP contribution is -1.92. The zero-order valence-electron chi connectivity index (χ0n) is 31.3. The summed E-state index contributed by atoms with van der Waals surface area (Å²) in [6.45, 7) is 0. The van der Waals surface area contributed by atoms with Crippen LogP contribution in [0.4, 0.5) is 0 Å². The van der Waals surface area contributed by atoms with Crippen molar-refractivity contribution < 1.29 is 8.83 Å². The molecule has 0 N–H and O–H groups in total. The van der Waals surface area contributed by atoms with E-state index in [2.05, 4.69) is 194 Å².